The minimum absolute atomic E-state index is 0.0278. The zero-order valence-corrected chi connectivity index (χ0v) is 11.1. The zero-order chi connectivity index (χ0) is 16.1. The molecule has 0 spiro atoms. The Kier molecular flexibility index (Phi) is 10.2. The topological polar surface area (TPSA) is 142 Å². The van der Waals surface area contributed by atoms with E-state index in [1.54, 1.807) is 0 Å². The lowest BCUT2D eigenvalue weighted by Crippen LogP contribution is -2.19. The molecule has 9 nitrogen and oxygen atoms in total. The first kappa shape index (κ1) is 18.6. The third-order valence-electron chi connectivity index (χ3n) is 1.74. The molecule has 0 saturated heterocycles. The molecule has 21 heavy (non-hydrogen) atoms. The molecule has 0 saturated carbocycles. The highest BCUT2D eigenvalue weighted by atomic mass is 16.5. The first-order chi connectivity index (χ1) is 9.99. The number of ether oxygens (including phenoxy) is 1. The van der Waals surface area contributed by atoms with Crippen molar-refractivity contribution in [3.8, 4) is 0 Å². The predicted octanol–water partition coefficient (Wildman–Crippen LogP) is -2.61. The van der Waals surface area contributed by atoms with E-state index in [2.05, 4.69) is 4.74 Å². The monoisotopic (exact) mass is 300 g/mol. The Morgan fingerprint density at radius 3 is 1.14 bits per heavy atom. The van der Waals surface area contributed by atoms with E-state index in [0.29, 0.717) is 13.2 Å². The Hall–Kier alpha value is -2.36. The summed E-state index contributed by atoms with van der Waals surface area (Å²) in [6.07, 6.45) is 4.79. The van der Waals surface area contributed by atoms with Gasteiger partial charge in [-0.25, -0.2) is 0 Å². The van der Waals surface area contributed by atoms with E-state index in [9.17, 15) is 19.2 Å². The summed E-state index contributed by atoms with van der Waals surface area (Å²) in [4.78, 5) is 40.1. The number of carbonyl (C=O) groups is 4. The Morgan fingerprint density at radius 1 is 0.714 bits per heavy atom. The molecule has 0 radical (unpaired) electrons. The molecular formula is C12H16N2O7. The number of hydrogen-bond acceptors (Lipinski definition) is 7. The van der Waals surface area contributed by atoms with E-state index in [1.165, 1.54) is 24.3 Å². The SMILES string of the molecule is O=C1C=CC(=O)N1.O=C1C=CC(=O)N1.OCCOCCO. The summed E-state index contributed by atoms with van der Waals surface area (Å²) in [7, 11) is 0. The van der Waals surface area contributed by atoms with Crippen LogP contribution in [0.1, 0.15) is 0 Å². The summed E-state index contributed by atoms with van der Waals surface area (Å²) < 4.78 is 4.63. The van der Waals surface area contributed by atoms with Crippen molar-refractivity contribution in [3.05, 3.63) is 24.3 Å². The molecule has 0 aromatic rings. The number of amides is 4. The molecule has 2 aliphatic rings. The molecule has 0 aliphatic carbocycles. The van der Waals surface area contributed by atoms with Gasteiger partial charge in [0.15, 0.2) is 0 Å². The summed E-state index contributed by atoms with van der Waals surface area (Å²) >= 11 is 0. The van der Waals surface area contributed by atoms with Gasteiger partial charge in [0.2, 0.25) is 0 Å². The van der Waals surface area contributed by atoms with Crippen LogP contribution in [0.2, 0.25) is 0 Å². The normalized spacial score (nSPS) is 15.0. The highest BCUT2D eigenvalue weighted by Gasteiger charge is 2.07. The summed E-state index contributed by atoms with van der Waals surface area (Å²) in [5.41, 5.74) is 0. The number of aliphatic hydroxyl groups is 2. The highest BCUT2D eigenvalue weighted by molar-refractivity contribution is 6.13. The second-order valence-electron chi connectivity index (χ2n) is 3.43. The third kappa shape index (κ3) is 11.2. The average molecular weight is 300 g/mol. The Morgan fingerprint density at radius 2 is 1.00 bits per heavy atom. The molecule has 0 fully saturated rings. The van der Waals surface area contributed by atoms with E-state index >= 15 is 0 Å². The standard InChI is InChI=1S/2C4H3NO2.C4H10O3/c2*6-3-1-2-4(7)5-3;5-1-3-7-4-2-6/h2*1-2H,(H,5,6,7);5-6H,1-4H2. The molecule has 4 N–H and O–H groups in total. The van der Waals surface area contributed by atoms with Crippen molar-refractivity contribution in [2.75, 3.05) is 26.4 Å². The van der Waals surface area contributed by atoms with Crippen molar-refractivity contribution in [2.45, 2.75) is 0 Å². The second-order valence-corrected chi connectivity index (χ2v) is 3.43. The van der Waals surface area contributed by atoms with Gasteiger partial charge in [0.25, 0.3) is 23.6 Å². The largest absolute Gasteiger partial charge is 0.394 e. The second kappa shape index (κ2) is 11.5. The van der Waals surface area contributed by atoms with Crippen LogP contribution in [0.4, 0.5) is 0 Å². The van der Waals surface area contributed by atoms with Gasteiger partial charge in [0, 0.05) is 24.3 Å². The van der Waals surface area contributed by atoms with Crippen LogP contribution >= 0.6 is 0 Å². The van der Waals surface area contributed by atoms with E-state index in [1.807, 2.05) is 10.6 Å². The number of rotatable bonds is 4. The summed E-state index contributed by atoms with van der Waals surface area (Å²) in [5.74, 6) is -1.31. The van der Waals surface area contributed by atoms with Gasteiger partial charge in [-0.05, 0) is 0 Å². The van der Waals surface area contributed by atoms with Crippen molar-refractivity contribution in [2.24, 2.45) is 0 Å². The van der Waals surface area contributed by atoms with E-state index in [0.717, 1.165) is 0 Å². The lowest BCUT2D eigenvalue weighted by molar-refractivity contribution is -0.125. The van der Waals surface area contributed by atoms with Gasteiger partial charge in [0.1, 0.15) is 0 Å². The lowest BCUT2D eigenvalue weighted by Gasteiger charge is -1.94. The van der Waals surface area contributed by atoms with Crippen LogP contribution in [-0.4, -0.2) is 60.3 Å². The van der Waals surface area contributed by atoms with Crippen LogP contribution in [-0.2, 0) is 23.9 Å². The summed E-state index contributed by atoms with van der Waals surface area (Å²) in [6, 6.07) is 0. The maximum absolute atomic E-state index is 10.0. The Bertz CT molecular complexity index is 371. The van der Waals surface area contributed by atoms with Crippen LogP contribution in [0.15, 0.2) is 24.3 Å². The van der Waals surface area contributed by atoms with Gasteiger partial charge in [-0.15, -0.1) is 0 Å². The molecule has 4 amide bonds. The first-order valence-corrected chi connectivity index (χ1v) is 5.85. The van der Waals surface area contributed by atoms with Gasteiger partial charge in [-0.1, -0.05) is 0 Å². The van der Waals surface area contributed by atoms with Crippen LogP contribution < -0.4 is 10.6 Å². The van der Waals surface area contributed by atoms with E-state index in [-0.39, 0.29) is 36.8 Å². The van der Waals surface area contributed by atoms with E-state index < -0.39 is 0 Å². The molecule has 0 aromatic heterocycles. The average Bonchev–Trinajstić information content (AvgIpc) is 3.00. The molecule has 0 bridgehead atoms. The van der Waals surface area contributed by atoms with Gasteiger partial charge in [-0.3, -0.25) is 29.8 Å². The summed E-state index contributed by atoms with van der Waals surface area (Å²) in [5, 5.41) is 20.2. The molecular weight excluding hydrogens is 284 g/mol. The van der Waals surface area contributed by atoms with E-state index in [4.69, 9.17) is 10.2 Å². The third-order valence-corrected chi connectivity index (χ3v) is 1.74. The molecule has 116 valence electrons. The fourth-order valence-electron chi connectivity index (χ4n) is 0.943. The highest BCUT2D eigenvalue weighted by Crippen LogP contribution is 1.83. The zero-order valence-electron chi connectivity index (χ0n) is 11.1. The maximum Gasteiger partial charge on any atom is 0.250 e. The first-order valence-electron chi connectivity index (χ1n) is 5.85. The van der Waals surface area contributed by atoms with Crippen molar-refractivity contribution in [1.29, 1.82) is 0 Å². The number of carbonyl (C=O) groups excluding carboxylic acids is 4. The number of hydrogen-bond donors (Lipinski definition) is 4. The van der Waals surface area contributed by atoms with Crippen LogP contribution in [0.3, 0.4) is 0 Å². The molecule has 0 atom stereocenters. The maximum atomic E-state index is 10.0. The van der Waals surface area contributed by atoms with Crippen LogP contribution in [0, 0.1) is 0 Å². The molecule has 0 unspecified atom stereocenters. The van der Waals surface area contributed by atoms with Crippen molar-refractivity contribution >= 4 is 23.6 Å². The Balaban J connectivity index is 0.000000286. The molecule has 2 rings (SSSR count). The van der Waals surface area contributed by atoms with Gasteiger partial charge < -0.3 is 14.9 Å². The number of nitrogens with one attached hydrogen (secondary N) is 2. The molecule has 2 aliphatic heterocycles. The lowest BCUT2D eigenvalue weighted by atomic mass is 10.6. The van der Waals surface area contributed by atoms with Gasteiger partial charge in [-0.2, -0.15) is 0 Å². The minimum Gasteiger partial charge on any atom is -0.394 e. The fourth-order valence-corrected chi connectivity index (χ4v) is 0.943. The van der Waals surface area contributed by atoms with Crippen LogP contribution in [0.5, 0.6) is 0 Å². The predicted molar refractivity (Wildman–Crippen MR) is 69.6 cm³/mol. The van der Waals surface area contributed by atoms with Gasteiger partial charge in [0.05, 0.1) is 26.4 Å². The Labute approximate surface area is 120 Å². The smallest absolute Gasteiger partial charge is 0.250 e. The molecule has 9 heteroatoms. The minimum atomic E-state index is -0.329. The van der Waals surface area contributed by atoms with Crippen LogP contribution in [0.25, 0.3) is 0 Å². The molecule has 0 aromatic carbocycles. The van der Waals surface area contributed by atoms with Crippen molar-refractivity contribution in [3.63, 3.8) is 0 Å². The van der Waals surface area contributed by atoms with Crippen molar-refractivity contribution < 1.29 is 34.1 Å². The fraction of sp³-hybridized carbons (Fsp3) is 0.333. The number of aliphatic hydroxyl groups excluding tert-OH is 2. The number of imide groups is 2. The van der Waals surface area contributed by atoms with Crippen molar-refractivity contribution in [1.82, 2.24) is 10.6 Å². The quantitative estimate of drug-likeness (QED) is 0.329. The summed E-state index contributed by atoms with van der Waals surface area (Å²) in [6.45, 7) is 0.696. The van der Waals surface area contributed by atoms with Gasteiger partial charge >= 0.3 is 0 Å². The molecule has 2 heterocycles.